The normalized spacial score (nSPS) is 18.4. The number of nitrogens with zero attached hydrogens (tertiary/aromatic N) is 5. The van der Waals surface area contributed by atoms with Crippen molar-refractivity contribution in [3.8, 4) is 17.0 Å². The van der Waals surface area contributed by atoms with Crippen molar-refractivity contribution in [2.75, 3.05) is 25.6 Å². The minimum absolute atomic E-state index is 0.0762. The fraction of sp³-hybridized carbons (Fsp3) is 0.304. The SMILES string of the molecule is COc1ccc(Cn2nnc3cc(-c4ccnc(N[C@@H]5CCOC[C@H]5F)n4)ccc32)cc1F. The van der Waals surface area contributed by atoms with Crippen molar-refractivity contribution in [2.24, 2.45) is 0 Å². The minimum atomic E-state index is -1.10. The van der Waals surface area contributed by atoms with E-state index in [1.54, 1.807) is 29.1 Å². The number of fused-ring (bicyclic) bond motifs is 1. The van der Waals surface area contributed by atoms with Gasteiger partial charge < -0.3 is 14.8 Å². The van der Waals surface area contributed by atoms with Crippen LogP contribution in [-0.4, -0.2) is 57.5 Å². The predicted octanol–water partition coefficient (Wildman–Crippen LogP) is 3.62. The van der Waals surface area contributed by atoms with Crippen LogP contribution in [0.15, 0.2) is 48.7 Å². The van der Waals surface area contributed by atoms with Crippen molar-refractivity contribution in [3.05, 3.63) is 60.0 Å². The lowest BCUT2D eigenvalue weighted by Crippen LogP contribution is -2.39. The largest absolute Gasteiger partial charge is 0.494 e. The van der Waals surface area contributed by atoms with Crippen molar-refractivity contribution < 1.29 is 18.3 Å². The molecule has 2 aromatic carbocycles. The van der Waals surface area contributed by atoms with Gasteiger partial charge in [-0.2, -0.15) is 0 Å². The zero-order valence-corrected chi connectivity index (χ0v) is 17.9. The smallest absolute Gasteiger partial charge is 0.223 e. The van der Waals surface area contributed by atoms with E-state index in [9.17, 15) is 8.78 Å². The molecule has 0 unspecified atom stereocenters. The van der Waals surface area contributed by atoms with E-state index in [2.05, 4.69) is 25.6 Å². The van der Waals surface area contributed by atoms with Gasteiger partial charge in [0.2, 0.25) is 5.95 Å². The van der Waals surface area contributed by atoms with E-state index in [1.807, 2.05) is 18.2 Å². The molecule has 0 spiro atoms. The fourth-order valence-electron chi connectivity index (χ4n) is 3.85. The van der Waals surface area contributed by atoms with Crippen LogP contribution in [0, 0.1) is 5.82 Å². The van der Waals surface area contributed by atoms with Crippen LogP contribution in [0.5, 0.6) is 5.75 Å². The van der Waals surface area contributed by atoms with Crippen LogP contribution in [0.25, 0.3) is 22.3 Å². The third-order valence-corrected chi connectivity index (χ3v) is 5.62. The van der Waals surface area contributed by atoms with Crippen LogP contribution >= 0.6 is 0 Å². The lowest BCUT2D eigenvalue weighted by atomic mass is 10.1. The molecule has 33 heavy (non-hydrogen) atoms. The fourth-order valence-corrected chi connectivity index (χ4v) is 3.85. The van der Waals surface area contributed by atoms with Gasteiger partial charge >= 0.3 is 0 Å². The van der Waals surface area contributed by atoms with Crippen LogP contribution < -0.4 is 10.1 Å². The maximum atomic E-state index is 14.1. The molecule has 1 N–H and O–H groups in total. The second-order valence-electron chi connectivity index (χ2n) is 7.82. The van der Waals surface area contributed by atoms with E-state index in [4.69, 9.17) is 9.47 Å². The van der Waals surface area contributed by atoms with Gasteiger partial charge in [-0.05, 0) is 42.3 Å². The first-order valence-electron chi connectivity index (χ1n) is 10.6. The maximum absolute atomic E-state index is 14.1. The van der Waals surface area contributed by atoms with Gasteiger partial charge in [0.1, 0.15) is 11.7 Å². The van der Waals surface area contributed by atoms with Crippen molar-refractivity contribution >= 4 is 17.0 Å². The van der Waals surface area contributed by atoms with E-state index >= 15 is 0 Å². The molecule has 2 aromatic heterocycles. The molecular formula is C23H22F2N6O2. The molecule has 0 aliphatic carbocycles. The Hall–Kier alpha value is -3.66. The van der Waals surface area contributed by atoms with Crippen LogP contribution in [0.2, 0.25) is 0 Å². The van der Waals surface area contributed by atoms with Gasteiger partial charge in [-0.3, -0.25) is 0 Å². The highest BCUT2D eigenvalue weighted by molar-refractivity contribution is 5.80. The van der Waals surface area contributed by atoms with Crippen LogP contribution in [0.1, 0.15) is 12.0 Å². The first-order valence-corrected chi connectivity index (χ1v) is 10.6. The van der Waals surface area contributed by atoms with E-state index in [0.717, 1.165) is 16.6 Å². The third-order valence-electron chi connectivity index (χ3n) is 5.62. The van der Waals surface area contributed by atoms with E-state index in [0.29, 0.717) is 36.7 Å². The van der Waals surface area contributed by atoms with Crippen LogP contribution in [0.3, 0.4) is 0 Å². The molecule has 0 amide bonds. The van der Waals surface area contributed by atoms with Gasteiger partial charge in [-0.25, -0.2) is 23.4 Å². The summed E-state index contributed by atoms with van der Waals surface area (Å²) in [6, 6.07) is 11.9. The Balaban J connectivity index is 1.37. The molecular weight excluding hydrogens is 430 g/mol. The standard InChI is InChI=1S/C23H22F2N6O2/c1-32-22-5-2-14(10-16(22)24)12-31-21-4-3-15(11-20(21)29-30-31)18-6-8-26-23(27-18)28-19-7-9-33-13-17(19)25/h2-6,8,10-11,17,19H,7,9,12-13H2,1H3,(H,26,27,28)/t17-,19-/m1/s1. The molecule has 5 rings (SSSR count). The molecule has 1 aliphatic rings. The number of hydrogen-bond donors (Lipinski definition) is 1. The van der Waals surface area contributed by atoms with E-state index in [-0.39, 0.29) is 18.4 Å². The van der Waals surface area contributed by atoms with E-state index < -0.39 is 12.0 Å². The Bertz CT molecular complexity index is 1280. The molecule has 0 bridgehead atoms. The zero-order chi connectivity index (χ0) is 22.8. The summed E-state index contributed by atoms with van der Waals surface area (Å²) in [7, 11) is 1.43. The number of rotatable bonds is 6. The van der Waals surface area contributed by atoms with Crippen LogP contribution in [-0.2, 0) is 11.3 Å². The maximum Gasteiger partial charge on any atom is 0.223 e. The molecule has 8 nitrogen and oxygen atoms in total. The summed E-state index contributed by atoms with van der Waals surface area (Å²) < 4.78 is 39.9. The summed E-state index contributed by atoms with van der Waals surface area (Å²) in [5.74, 6) is 0.145. The number of nitrogens with one attached hydrogen (secondary N) is 1. The number of hydrogen-bond acceptors (Lipinski definition) is 7. The van der Waals surface area contributed by atoms with Crippen molar-refractivity contribution in [3.63, 3.8) is 0 Å². The highest BCUT2D eigenvalue weighted by Gasteiger charge is 2.26. The molecule has 2 atom stereocenters. The van der Waals surface area contributed by atoms with Crippen molar-refractivity contribution in [1.29, 1.82) is 0 Å². The molecule has 1 saturated heterocycles. The first-order chi connectivity index (χ1) is 16.1. The summed E-state index contributed by atoms with van der Waals surface area (Å²) in [5.41, 5.74) is 3.76. The molecule has 4 aromatic rings. The van der Waals surface area contributed by atoms with Gasteiger partial charge in [0, 0.05) is 18.4 Å². The lowest BCUT2D eigenvalue weighted by molar-refractivity contribution is 0.0284. The average Bonchev–Trinajstić information content (AvgIpc) is 3.23. The molecule has 0 radical (unpaired) electrons. The number of benzene rings is 2. The van der Waals surface area contributed by atoms with Crippen molar-refractivity contribution in [2.45, 2.75) is 25.2 Å². The van der Waals surface area contributed by atoms with Gasteiger partial charge in [0.25, 0.3) is 0 Å². The summed E-state index contributed by atoms with van der Waals surface area (Å²) in [4.78, 5) is 8.77. The number of ether oxygens (including phenoxy) is 2. The Morgan fingerprint density at radius 3 is 2.94 bits per heavy atom. The molecule has 10 heteroatoms. The van der Waals surface area contributed by atoms with Crippen molar-refractivity contribution in [1.82, 2.24) is 25.0 Å². The molecule has 1 aliphatic heterocycles. The summed E-state index contributed by atoms with van der Waals surface area (Å²) in [6.07, 6.45) is 1.09. The van der Waals surface area contributed by atoms with Gasteiger partial charge in [-0.15, -0.1) is 5.10 Å². The molecule has 0 saturated carbocycles. The first kappa shape index (κ1) is 21.2. The second kappa shape index (κ2) is 9.07. The number of alkyl halides is 1. The zero-order valence-electron chi connectivity index (χ0n) is 17.9. The number of aromatic nitrogens is 5. The average molecular weight is 452 g/mol. The second-order valence-corrected chi connectivity index (χ2v) is 7.82. The highest BCUT2D eigenvalue weighted by Crippen LogP contribution is 2.24. The van der Waals surface area contributed by atoms with Gasteiger partial charge in [0.15, 0.2) is 11.6 Å². The predicted molar refractivity (Wildman–Crippen MR) is 118 cm³/mol. The monoisotopic (exact) mass is 452 g/mol. The lowest BCUT2D eigenvalue weighted by Gasteiger charge is -2.26. The Kier molecular flexibility index (Phi) is 5.82. The highest BCUT2D eigenvalue weighted by atomic mass is 19.1. The molecule has 1 fully saturated rings. The Morgan fingerprint density at radius 2 is 2.12 bits per heavy atom. The molecule has 3 heterocycles. The van der Waals surface area contributed by atoms with Gasteiger partial charge in [-0.1, -0.05) is 17.3 Å². The summed E-state index contributed by atoms with van der Waals surface area (Å²) >= 11 is 0. The summed E-state index contributed by atoms with van der Waals surface area (Å²) in [6.45, 7) is 0.952. The Morgan fingerprint density at radius 1 is 1.21 bits per heavy atom. The minimum Gasteiger partial charge on any atom is -0.494 e. The van der Waals surface area contributed by atoms with Gasteiger partial charge in [0.05, 0.1) is 37.5 Å². The summed E-state index contributed by atoms with van der Waals surface area (Å²) in [5, 5.41) is 11.5. The quantitative estimate of drug-likeness (QED) is 0.478. The topological polar surface area (TPSA) is 87.0 Å². The van der Waals surface area contributed by atoms with E-state index in [1.165, 1.54) is 13.2 Å². The third kappa shape index (κ3) is 4.47. The number of methoxy groups -OCH3 is 1. The van der Waals surface area contributed by atoms with Crippen LogP contribution in [0.4, 0.5) is 14.7 Å². The number of anilines is 1. The number of halogens is 2. The molecule has 170 valence electrons. The Labute approximate surface area is 188 Å².